The van der Waals surface area contributed by atoms with E-state index in [0.717, 1.165) is 26.3 Å². The topological polar surface area (TPSA) is 59.6 Å². The smallest absolute Gasteiger partial charge is 0.188 e. The van der Waals surface area contributed by atoms with Crippen molar-refractivity contribution in [3.63, 3.8) is 0 Å². The van der Waals surface area contributed by atoms with Gasteiger partial charge in [-0.05, 0) is 6.42 Å². The Hall–Kier alpha value is -0.770. The quantitative estimate of drug-likeness (QED) is 0.377. The van der Waals surface area contributed by atoms with Crippen LogP contribution in [0.5, 0.6) is 0 Å². The van der Waals surface area contributed by atoms with Crippen LogP contribution in [0.15, 0.2) is 4.99 Å². The highest BCUT2D eigenvalue weighted by molar-refractivity contribution is 5.77. The molecule has 0 spiro atoms. The first kappa shape index (κ1) is 15.3. The van der Waals surface area contributed by atoms with Crippen molar-refractivity contribution in [2.75, 3.05) is 26.3 Å². The minimum atomic E-state index is 0.215. The van der Waals surface area contributed by atoms with Crippen LogP contribution in [-0.4, -0.2) is 32.3 Å². The first-order valence-electron chi connectivity index (χ1n) is 7.28. The summed E-state index contributed by atoms with van der Waals surface area (Å²) in [6.07, 6.45) is 7.82. The minimum absolute atomic E-state index is 0.215. The van der Waals surface area contributed by atoms with Gasteiger partial charge in [0.1, 0.15) is 0 Å². The Balaban J connectivity index is 1.95. The van der Waals surface area contributed by atoms with Crippen molar-refractivity contribution >= 4 is 5.96 Å². The zero-order valence-corrected chi connectivity index (χ0v) is 12.0. The molecule has 1 aliphatic rings. The van der Waals surface area contributed by atoms with Gasteiger partial charge in [0.2, 0.25) is 0 Å². The lowest BCUT2D eigenvalue weighted by molar-refractivity contribution is -0.0945. The second kappa shape index (κ2) is 8.35. The number of hydrogen-bond acceptors (Lipinski definition) is 2. The van der Waals surface area contributed by atoms with E-state index in [1.807, 2.05) is 0 Å². The molecule has 1 heterocycles. The van der Waals surface area contributed by atoms with Crippen molar-refractivity contribution in [1.82, 2.24) is 5.32 Å². The third-order valence-corrected chi connectivity index (χ3v) is 3.37. The standard InChI is InChI=1S/C14H29N3O/c1-3-4-5-6-7-8-9-16-13(15)17-10-14(2)11-18-12-14/h3-12H2,1-2H3,(H3,15,16,17). The van der Waals surface area contributed by atoms with Gasteiger partial charge in [0.05, 0.1) is 19.8 Å². The van der Waals surface area contributed by atoms with E-state index in [4.69, 9.17) is 10.5 Å². The third kappa shape index (κ3) is 6.24. The summed E-state index contributed by atoms with van der Waals surface area (Å²) in [6, 6.07) is 0. The maximum absolute atomic E-state index is 5.82. The third-order valence-electron chi connectivity index (χ3n) is 3.37. The SMILES string of the molecule is CCCCCCCCNC(N)=NCC1(C)COC1. The largest absolute Gasteiger partial charge is 0.380 e. The van der Waals surface area contributed by atoms with Crippen LogP contribution in [0.2, 0.25) is 0 Å². The molecule has 0 radical (unpaired) electrons. The Labute approximate surface area is 111 Å². The molecule has 1 saturated heterocycles. The Morgan fingerprint density at radius 2 is 1.89 bits per heavy atom. The molecule has 3 N–H and O–H groups in total. The van der Waals surface area contributed by atoms with Gasteiger partial charge in [-0.25, -0.2) is 0 Å². The number of unbranched alkanes of at least 4 members (excludes halogenated alkanes) is 5. The predicted octanol–water partition coefficient (Wildman–Crippen LogP) is 2.29. The maximum atomic E-state index is 5.82. The second-order valence-electron chi connectivity index (χ2n) is 5.70. The van der Waals surface area contributed by atoms with Gasteiger partial charge in [-0.1, -0.05) is 46.0 Å². The van der Waals surface area contributed by atoms with E-state index in [1.54, 1.807) is 0 Å². The van der Waals surface area contributed by atoms with E-state index in [-0.39, 0.29) is 5.41 Å². The first-order valence-corrected chi connectivity index (χ1v) is 7.28. The molecule has 0 aromatic rings. The number of nitrogens with two attached hydrogens (primary N) is 1. The monoisotopic (exact) mass is 255 g/mol. The van der Waals surface area contributed by atoms with Gasteiger partial charge in [-0.2, -0.15) is 0 Å². The number of nitrogens with zero attached hydrogens (tertiary/aromatic N) is 1. The van der Waals surface area contributed by atoms with Gasteiger partial charge >= 0.3 is 0 Å². The van der Waals surface area contributed by atoms with Crippen molar-refractivity contribution in [2.45, 2.75) is 52.4 Å². The first-order chi connectivity index (χ1) is 8.66. The fraction of sp³-hybridized carbons (Fsp3) is 0.929. The van der Waals surface area contributed by atoms with E-state index in [1.165, 1.54) is 38.5 Å². The summed E-state index contributed by atoms with van der Waals surface area (Å²) in [5.74, 6) is 0.580. The maximum Gasteiger partial charge on any atom is 0.188 e. The molecule has 0 unspecified atom stereocenters. The van der Waals surface area contributed by atoms with E-state index in [0.29, 0.717) is 5.96 Å². The van der Waals surface area contributed by atoms with Crippen LogP contribution in [0, 0.1) is 5.41 Å². The van der Waals surface area contributed by atoms with Crippen LogP contribution in [-0.2, 0) is 4.74 Å². The van der Waals surface area contributed by atoms with Crippen LogP contribution in [0.25, 0.3) is 0 Å². The molecule has 4 nitrogen and oxygen atoms in total. The summed E-state index contributed by atoms with van der Waals surface area (Å²) in [5.41, 5.74) is 6.03. The van der Waals surface area contributed by atoms with Crippen LogP contribution >= 0.6 is 0 Å². The van der Waals surface area contributed by atoms with Gasteiger partial charge < -0.3 is 15.8 Å². The van der Waals surface area contributed by atoms with Crippen LogP contribution in [0.1, 0.15) is 52.4 Å². The molecule has 1 aliphatic heterocycles. The summed E-state index contributed by atoms with van der Waals surface area (Å²) in [4.78, 5) is 4.37. The van der Waals surface area contributed by atoms with Crippen molar-refractivity contribution in [3.05, 3.63) is 0 Å². The molecule has 1 fully saturated rings. The van der Waals surface area contributed by atoms with E-state index < -0.39 is 0 Å². The number of rotatable bonds is 9. The van der Waals surface area contributed by atoms with Gasteiger partial charge in [0.15, 0.2) is 5.96 Å². The van der Waals surface area contributed by atoms with Crippen LogP contribution in [0.4, 0.5) is 0 Å². The van der Waals surface area contributed by atoms with E-state index in [2.05, 4.69) is 24.2 Å². The summed E-state index contributed by atoms with van der Waals surface area (Å²) in [5, 5.41) is 3.18. The fourth-order valence-electron chi connectivity index (χ4n) is 2.00. The lowest BCUT2D eigenvalue weighted by Gasteiger charge is -2.36. The molecule has 0 saturated carbocycles. The molecule has 0 aromatic carbocycles. The molecule has 0 bridgehead atoms. The Kier molecular flexibility index (Phi) is 7.09. The molecule has 0 amide bonds. The summed E-state index contributed by atoms with van der Waals surface area (Å²) >= 11 is 0. The number of aliphatic imine (C=N–C) groups is 1. The number of hydrogen-bond donors (Lipinski definition) is 2. The van der Waals surface area contributed by atoms with E-state index >= 15 is 0 Å². The zero-order chi connectivity index (χ0) is 13.3. The number of guanidine groups is 1. The molecule has 0 aliphatic carbocycles. The van der Waals surface area contributed by atoms with Crippen molar-refractivity contribution in [2.24, 2.45) is 16.1 Å². The van der Waals surface area contributed by atoms with Crippen molar-refractivity contribution in [3.8, 4) is 0 Å². The van der Waals surface area contributed by atoms with Crippen LogP contribution in [0.3, 0.4) is 0 Å². The Morgan fingerprint density at radius 3 is 2.50 bits per heavy atom. The molecule has 1 rings (SSSR count). The average molecular weight is 255 g/mol. The molecule has 18 heavy (non-hydrogen) atoms. The molecule has 4 heteroatoms. The zero-order valence-electron chi connectivity index (χ0n) is 12.0. The minimum Gasteiger partial charge on any atom is -0.380 e. The highest BCUT2D eigenvalue weighted by Gasteiger charge is 2.32. The Morgan fingerprint density at radius 1 is 1.22 bits per heavy atom. The second-order valence-corrected chi connectivity index (χ2v) is 5.70. The van der Waals surface area contributed by atoms with Crippen molar-refractivity contribution < 1.29 is 4.74 Å². The molecule has 0 aromatic heterocycles. The molecular formula is C14H29N3O. The van der Waals surface area contributed by atoms with Gasteiger partial charge in [0.25, 0.3) is 0 Å². The lowest BCUT2D eigenvalue weighted by Crippen LogP contribution is -2.43. The fourth-order valence-corrected chi connectivity index (χ4v) is 2.00. The summed E-state index contributed by atoms with van der Waals surface area (Å²) in [6.45, 7) is 7.74. The normalized spacial score (nSPS) is 18.4. The van der Waals surface area contributed by atoms with Gasteiger partial charge in [-0.15, -0.1) is 0 Å². The highest BCUT2D eigenvalue weighted by atomic mass is 16.5. The van der Waals surface area contributed by atoms with Gasteiger partial charge in [-0.3, -0.25) is 4.99 Å². The Bertz CT molecular complexity index is 249. The summed E-state index contributed by atoms with van der Waals surface area (Å²) in [7, 11) is 0. The van der Waals surface area contributed by atoms with E-state index in [9.17, 15) is 0 Å². The predicted molar refractivity (Wildman–Crippen MR) is 76.8 cm³/mol. The van der Waals surface area contributed by atoms with Crippen LogP contribution < -0.4 is 11.1 Å². The van der Waals surface area contributed by atoms with Gasteiger partial charge in [0, 0.05) is 12.0 Å². The molecular weight excluding hydrogens is 226 g/mol. The lowest BCUT2D eigenvalue weighted by atomic mass is 9.89. The highest BCUT2D eigenvalue weighted by Crippen LogP contribution is 2.26. The number of ether oxygens (including phenoxy) is 1. The molecule has 0 atom stereocenters. The summed E-state index contributed by atoms with van der Waals surface area (Å²) < 4.78 is 5.18. The average Bonchev–Trinajstić information content (AvgIpc) is 2.33. The van der Waals surface area contributed by atoms with Crippen molar-refractivity contribution in [1.29, 1.82) is 0 Å². The number of nitrogens with one attached hydrogen (secondary N) is 1. The molecule has 106 valence electrons.